The van der Waals surface area contributed by atoms with Gasteiger partial charge in [-0.25, -0.2) is 4.98 Å². The number of hydrogen-bond acceptors (Lipinski definition) is 6. The average molecular weight is 312 g/mol. The first kappa shape index (κ1) is 15.1. The van der Waals surface area contributed by atoms with Gasteiger partial charge in [-0.15, -0.1) is 0 Å². The van der Waals surface area contributed by atoms with E-state index in [9.17, 15) is 4.79 Å². The molecule has 1 aromatic heterocycles. The normalized spacial score (nSPS) is 13.0. The Morgan fingerprint density at radius 1 is 1.35 bits per heavy atom. The molecule has 1 aliphatic rings. The first-order valence-corrected chi connectivity index (χ1v) is 7.42. The van der Waals surface area contributed by atoms with Crippen molar-refractivity contribution in [1.82, 2.24) is 14.9 Å². The molecule has 1 aromatic carbocycles. The number of fused-ring (bicyclic) bond motifs is 1. The zero-order valence-electron chi connectivity index (χ0n) is 13.3. The predicted octanol–water partition coefficient (Wildman–Crippen LogP) is 0.905. The fraction of sp³-hybridized carbons (Fsp3) is 0.312. The Bertz CT molecular complexity index is 758. The Labute approximate surface area is 134 Å². The summed E-state index contributed by atoms with van der Waals surface area (Å²) in [5.74, 6) is 0.604. The number of amides is 1. The summed E-state index contributed by atoms with van der Waals surface area (Å²) in [6.07, 6.45) is 2.57. The van der Waals surface area contributed by atoms with Gasteiger partial charge in [-0.1, -0.05) is 0 Å². The fourth-order valence-corrected chi connectivity index (χ4v) is 2.79. The summed E-state index contributed by atoms with van der Waals surface area (Å²) in [6.45, 7) is 1.50. The molecule has 0 saturated carbocycles. The molecule has 120 valence electrons. The Balaban J connectivity index is 1.83. The molecule has 0 aliphatic carbocycles. The van der Waals surface area contributed by atoms with E-state index in [-0.39, 0.29) is 11.9 Å². The molecule has 23 heavy (non-hydrogen) atoms. The third kappa shape index (κ3) is 2.90. The van der Waals surface area contributed by atoms with Crippen LogP contribution in [0.4, 0.5) is 17.5 Å². The van der Waals surface area contributed by atoms with Crippen molar-refractivity contribution in [3.63, 3.8) is 0 Å². The molecule has 2 heterocycles. The van der Waals surface area contributed by atoms with Crippen molar-refractivity contribution in [2.45, 2.75) is 13.0 Å². The van der Waals surface area contributed by atoms with Crippen molar-refractivity contribution in [2.24, 2.45) is 0 Å². The van der Waals surface area contributed by atoms with E-state index >= 15 is 0 Å². The molecule has 0 radical (unpaired) electrons. The number of anilines is 3. The summed E-state index contributed by atoms with van der Waals surface area (Å²) in [7, 11) is 3.51. The van der Waals surface area contributed by atoms with Gasteiger partial charge in [-0.2, -0.15) is 4.98 Å². The van der Waals surface area contributed by atoms with Crippen molar-refractivity contribution in [2.75, 3.05) is 37.0 Å². The number of rotatable bonds is 3. The smallest absolute Gasteiger partial charge is 0.253 e. The van der Waals surface area contributed by atoms with Crippen LogP contribution in [0.15, 0.2) is 24.4 Å². The maximum atomic E-state index is 12.1. The van der Waals surface area contributed by atoms with E-state index in [0.717, 1.165) is 24.2 Å². The first-order valence-electron chi connectivity index (χ1n) is 7.42. The van der Waals surface area contributed by atoms with Crippen LogP contribution in [0, 0.1) is 0 Å². The van der Waals surface area contributed by atoms with Crippen molar-refractivity contribution in [3.05, 3.63) is 41.1 Å². The van der Waals surface area contributed by atoms with Gasteiger partial charge in [0.1, 0.15) is 5.82 Å². The maximum absolute atomic E-state index is 12.1. The van der Waals surface area contributed by atoms with Crippen LogP contribution in [0.1, 0.15) is 21.5 Å². The molecule has 0 unspecified atom stereocenters. The highest BCUT2D eigenvalue weighted by Crippen LogP contribution is 2.31. The predicted molar refractivity (Wildman–Crippen MR) is 90.1 cm³/mol. The monoisotopic (exact) mass is 312 g/mol. The summed E-state index contributed by atoms with van der Waals surface area (Å²) in [5, 5.41) is 0. The number of carbonyl (C=O) groups is 1. The van der Waals surface area contributed by atoms with Crippen LogP contribution in [0.25, 0.3) is 0 Å². The average Bonchev–Trinajstić information content (AvgIpc) is 2.91. The van der Waals surface area contributed by atoms with Crippen molar-refractivity contribution >= 4 is 23.4 Å². The summed E-state index contributed by atoms with van der Waals surface area (Å²) >= 11 is 0. The third-order valence-electron chi connectivity index (χ3n) is 4.00. The minimum atomic E-state index is 0.0161. The first-order chi connectivity index (χ1) is 11.0. The lowest BCUT2D eigenvalue weighted by atomic mass is 10.1. The van der Waals surface area contributed by atoms with Crippen LogP contribution >= 0.6 is 0 Å². The van der Waals surface area contributed by atoms with E-state index in [1.165, 1.54) is 5.56 Å². The van der Waals surface area contributed by atoms with Gasteiger partial charge < -0.3 is 21.3 Å². The second kappa shape index (κ2) is 5.75. The highest BCUT2D eigenvalue weighted by Gasteiger charge is 2.22. The fourth-order valence-electron chi connectivity index (χ4n) is 2.79. The zero-order chi connectivity index (χ0) is 16.6. The lowest BCUT2D eigenvalue weighted by Crippen LogP contribution is -2.22. The molecule has 0 fully saturated rings. The molecule has 7 nitrogen and oxygen atoms in total. The van der Waals surface area contributed by atoms with Crippen LogP contribution in [0.2, 0.25) is 0 Å². The van der Waals surface area contributed by atoms with Gasteiger partial charge >= 0.3 is 0 Å². The molecule has 0 atom stereocenters. The quantitative estimate of drug-likeness (QED) is 0.873. The highest BCUT2D eigenvalue weighted by molar-refractivity contribution is 5.94. The second-order valence-corrected chi connectivity index (χ2v) is 5.85. The van der Waals surface area contributed by atoms with Crippen LogP contribution < -0.4 is 16.4 Å². The van der Waals surface area contributed by atoms with Crippen LogP contribution in [-0.2, 0) is 13.0 Å². The number of nitrogen functional groups attached to an aromatic ring is 2. The minimum Gasteiger partial charge on any atom is -0.383 e. The van der Waals surface area contributed by atoms with E-state index in [2.05, 4.69) is 14.9 Å². The zero-order valence-corrected chi connectivity index (χ0v) is 13.3. The lowest BCUT2D eigenvalue weighted by Gasteiger charge is -2.20. The Kier molecular flexibility index (Phi) is 3.77. The third-order valence-corrected chi connectivity index (χ3v) is 4.00. The van der Waals surface area contributed by atoms with E-state index in [0.29, 0.717) is 17.9 Å². The van der Waals surface area contributed by atoms with Gasteiger partial charge in [0.05, 0.1) is 0 Å². The maximum Gasteiger partial charge on any atom is 0.253 e. The van der Waals surface area contributed by atoms with Gasteiger partial charge in [-0.05, 0) is 30.2 Å². The molecule has 3 rings (SSSR count). The minimum absolute atomic E-state index is 0.0161. The van der Waals surface area contributed by atoms with Crippen molar-refractivity contribution < 1.29 is 4.79 Å². The number of nitrogens with zero attached hydrogens (tertiary/aromatic N) is 4. The number of aromatic nitrogens is 2. The van der Waals surface area contributed by atoms with E-state index < -0.39 is 0 Å². The summed E-state index contributed by atoms with van der Waals surface area (Å²) in [4.78, 5) is 23.9. The summed E-state index contributed by atoms with van der Waals surface area (Å²) in [5.41, 5.74) is 15.3. The molecule has 0 saturated heterocycles. The molecule has 4 N–H and O–H groups in total. The number of hydrogen-bond donors (Lipinski definition) is 2. The largest absolute Gasteiger partial charge is 0.383 e. The number of nitrogens with two attached hydrogens (primary N) is 2. The molecule has 0 spiro atoms. The lowest BCUT2D eigenvalue weighted by molar-refractivity contribution is 0.0827. The van der Waals surface area contributed by atoms with E-state index in [1.807, 2.05) is 18.2 Å². The van der Waals surface area contributed by atoms with Gasteiger partial charge in [0, 0.05) is 50.2 Å². The molecule has 2 aromatic rings. The Hall–Kier alpha value is -2.83. The van der Waals surface area contributed by atoms with Crippen molar-refractivity contribution in [3.8, 4) is 0 Å². The van der Waals surface area contributed by atoms with Gasteiger partial charge in [-0.3, -0.25) is 4.79 Å². The Morgan fingerprint density at radius 3 is 2.83 bits per heavy atom. The summed E-state index contributed by atoms with van der Waals surface area (Å²) < 4.78 is 0. The van der Waals surface area contributed by atoms with Gasteiger partial charge in [0.25, 0.3) is 5.91 Å². The number of carbonyl (C=O) groups excluding carboxylic acids is 1. The molecule has 1 amide bonds. The van der Waals surface area contributed by atoms with Gasteiger partial charge in [0.2, 0.25) is 5.95 Å². The van der Waals surface area contributed by atoms with Crippen molar-refractivity contribution in [1.29, 1.82) is 0 Å². The number of benzene rings is 1. The summed E-state index contributed by atoms with van der Waals surface area (Å²) in [6, 6.07) is 5.83. The molecular weight excluding hydrogens is 292 g/mol. The standard InChI is InChI=1S/C16H20N6O/c1-21(2)15(23)11-3-4-13-10(7-11)5-6-22(13)9-12-8-19-16(18)20-14(12)17/h3-4,7-8H,5-6,9H2,1-2H3,(H4,17,18,19,20). The molecular formula is C16H20N6O. The Morgan fingerprint density at radius 2 is 2.13 bits per heavy atom. The molecule has 7 heteroatoms. The van der Waals surface area contributed by atoms with Crippen LogP contribution in [-0.4, -0.2) is 41.4 Å². The SMILES string of the molecule is CN(C)C(=O)c1ccc2c(c1)CCN2Cc1cnc(N)nc1N. The molecule has 0 bridgehead atoms. The molecule has 1 aliphatic heterocycles. The second-order valence-electron chi connectivity index (χ2n) is 5.85. The highest BCUT2D eigenvalue weighted by atomic mass is 16.2. The van der Waals surface area contributed by atoms with Gasteiger partial charge in [0.15, 0.2) is 0 Å². The van der Waals surface area contributed by atoms with Crippen LogP contribution in [0.5, 0.6) is 0 Å². The van der Waals surface area contributed by atoms with Crippen LogP contribution in [0.3, 0.4) is 0 Å². The van der Waals surface area contributed by atoms with E-state index in [1.54, 1.807) is 25.2 Å². The topological polar surface area (TPSA) is 101 Å². The van der Waals surface area contributed by atoms with E-state index in [4.69, 9.17) is 11.5 Å².